The number of hydrogen-bond donors (Lipinski definition) is 1. The molecular formula is C13H13NO3. The molecule has 0 saturated heterocycles. The minimum absolute atomic E-state index is 0.0668. The van der Waals surface area contributed by atoms with Gasteiger partial charge in [-0.1, -0.05) is 12.1 Å². The van der Waals surface area contributed by atoms with Crippen molar-refractivity contribution < 1.29 is 9.90 Å². The summed E-state index contributed by atoms with van der Waals surface area (Å²) in [6.07, 6.45) is 0. The summed E-state index contributed by atoms with van der Waals surface area (Å²) in [5, 5.41) is 9.48. The Balaban J connectivity index is 2.90. The number of hydrogen-bond acceptors (Lipinski definition) is 2. The van der Waals surface area contributed by atoms with Crippen molar-refractivity contribution in [3.05, 3.63) is 45.7 Å². The first-order valence-corrected chi connectivity index (χ1v) is 5.32. The summed E-state index contributed by atoms with van der Waals surface area (Å²) in [5.74, 6) is -0.915. The largest absolute Gasteiger partial charge is 0.480 e. The number of carbonyl (C=O) groups is 1. The van der Waals surface area contributed by atoms with Crippen LogP contribution in [0.15, 0.2) is 29.1 Å². The van der Waals surface area contributed by atoms with E-state index in [1.807, 2.05) is 13.0 Å². The molecule has 4 nitrogen and oxygen atoms in total. The highest BCUT2D eigenvalue weighted by Crippen LogP contribution is 2.17. The molecule has 17 heavy (non-hydrogen) atoms. The molecule has 0 aliphatic carbocycles. The molecule has 0 unspecified atom stereocenters. The van der Waals surface area contributed by atoms with Gasteiger partial charge in [-0.2, -0.15) is 0 Å². The fraction of sp³-hybridized carbons (Fsp3) is 0.231. The van der Waals surface area contributed by atoms with Gasteiger partial charge in [0.1, 0.15) is 6.54 Å². The van der Waals surface area contributed by atoms with Crippen molar-refractivity contribution in [1.29, 1.82) is 0 Å². The Kier molecular flexibility index (Phi) is 2.71. The molecule has 0 aliphatic rings. The lowest BCUT2D eigenvalue weighted by Crippen LogP contribution is -2.17. The van der Waals surface area contributed by atoms with Crippen LogP contribution in [0.25, 0.3) is 10.9 Å². The number of aliphatic carboxylic acids is 1. The van der Waals surface area contributed by atoms with Gasteiger partial charge in [-0.3, -0.25) is 9.59 Å². The molecule has 0 radical (unpaired) electrons. The molecule has 0 fully saturated rings. The van der Waals surface area contributed by atoms with Crippen LogP contribution in [0.3, 0.4) is 0 Å². The van der Waals surface area contributed by atoms with E-state index in [2.05, 4.69) is 0 Å². The van der Waals surface area contributed by atoms with Crippen molar-refractivity contribution in [3.63, 3.8) is 0 Å². The van der Waals surface area contributed by atoms with Crippen molar-refractivity contribution in [2.45, 2.75) is 20.4 Å². The molecule has 1 heterocycles. The predicted octanol–water partition coefficient (Wildman–Crippen LogP) is 1.70. The van der Waals surface area contributed by atoms with Gasteiger partial charge in [0, 0.05) is 17.1 Å². The molecule has 2 aromatic rings. The average Bonchev–Trinajstić information content (AvgIpc) is 2.24. The summed E-state index contributed by atoms with van der Waals surface area (Å²) in [6.45, 7) is 3.49. The molecule has 4 heteroatoms. The topological polar surface area (TPSA) is 59.3 Å². The van der Waals surface area contributed by atoms with Crippen molar-refractivity contribution in [3.8, 4) is 0 Å². The zero-order chi connectivity index (χ0) is 12.6. The highest BCUT2D eigenvalue weighted by molar-refractivity contribution is 5.83. The summed E-state index contributed by atoms with van der Waals surface area (Å²) in [5.41, 5.74) is 2.21. The third-order valence-electron chi connectivity index (χ3n) is 2.83. The maximum atomic E-state index is 11.8. The average molecular weight is 231 g/mol. The van der Waals surface area contributed by atoms with Crippen LogP contribution >= 0.6 is 0 Å². The first kappa shape index (κ1) is 11.4. The number of fused-ring (bicyclic) bond motifs is 1. The Labute approximate surface area is 98.1 Å². The molecule has 0 atom stereocenters. The quantitative estimate of drug-likeness (QED) is 0.855. The second-order valence-electron chi connectivity index (χ2n) is 4.10. The summed E-state index contributed by atoms with van der Waals surface area (Å²) >= 11 is 0. The normalized spacial score (nSPS) is 10.7. The molecule has 1 N–H and O–H groups in total. The summed E-state index contributed by atoms with van der Waals surface area (Å²) in [7, 11) is 0. The van der Waals surface area contributed by atoms with E-state index >= 15 is 0 Å². The number of aromatic nitrogens is 1. The summed E-state index contributed by atoms with van der Waals surface area (Å²) in [4.78, 5) is 22.7. The molecule has 0 saturated carbocycles. The van der Waals surface area contributed by atoms with Gasteiger partial charge in [-0.25, -0.2) is 0 Å². The second-order valence-corrected chi connectivity index (χ2v) is 4.10. The Morgan fingerprint density at radius 2 is 2.06 bits per heavy atom. The number of rotatable bonds is 2. The lowest BCUT2D eigenvalue weighted by molar-refractivity contribution is -0.137. The van der Waals surface area contributed by atoms with E-state index in [0.29, 0.717) is 16.6 Å². The van der Waals surface area contributed by atoms with Crippen LogP contribution in [-0.4, -0.2) is 15.6 Å². The Hall–Kier alpha value is -2.10. The van der Waals surface area contributed by atoms with E-state index in [0.717, 1.165) is 5.56 Å². The van der Waals surface area contributed by atoms with E-state index in [1.165, 1.54) is 6.07 Å². The molecule has 1 aromatic carbocycles. The minimum atomic E-state index is -0.915. The highest BCUT2D eigenvalue weighted by Gasteiger charge is 2.10. The second kappa shape index (κ2) is 4.05. The lowest BCUT2D eigenvalue weighted by Gasteiger charge is -2.14. The van der Waals surface area contributed by atoms with Gasteiger partial charge in [-0.15, -0.1) is 0 Å². The van der Waals surface area contributed by atoms with E-state index in [1.54, 1.807) is 23.6 Å². The number of pyridine rings is 1. The number of carboxylic acids is 1. The van der Waals surface area contributed by atoms with Gasteiger partial charge in [0.2, 0.25) is 0 Å². The highest BCUT2D eigenvalue weighted by atomic mass is 16.4. The molecular weight excluding hydrogens is 218 g/mol. The Morgan fingerprint density at radius 3 is 2.71 bits per heavy atom. The standard InChI is InChI=1S/C13H13NO3/c1-8-4-3-5-10-11(15)6-9(2)14(13(8)10)7-12(16)17/h3-6H,7H2,1-2H3,(H,16,17). The van der Waals surface area contributed by atoms with Crippen LogP contribution in [0.1, 0.15) is 11.3 Å². The van der Waals surface area contributed by atoms with E-state index in [-0.39, 0.29) is 12.0 Å². The van der Waals surface area contributed by atoms with Gasteiger partial charge >= 0.3 is 5.97 Å². The number of para-hydroxylation sites is 1. The first-order chi connectivity index (χ1) is 8.00. The molecule has 0 aliphatic heterocycles. The zero-order valence-electron chi connectivity index (χ0n) is 9.73. The maximum Gasteiger partial charge on any atom is 0.323 e. The summed E-state index contributed by atoms with van der Waals surface area (Å²) < 4.78 is 1.66. The molecule has 0 bridgehead atoms. The van der Waals surface area contributed by atoms with Crippen LogP contribution in [0, 0.1) is 13.8 Å². The molecule has 88 valence electrons. The van der Waals surface area contributed by atoms with Crippen molar-refractivity contribution >= 4 is 16.9 Å². The minimum Gasteiger partial charge on any atom is -0.480 e. The van der Waals surface area contributed by atoms with Gasteiger partial charge in [0.15, 0.2) is 5.43 Å². The van der Waals surface area contributed by atoms with Crippen molar-refractivity contribution in [1.82, 2.24) is 4.57 Å². The third kappa shape index (κ3) is 1.93. The van der Waals surface area contributed by atoms with E-state index in [9.17, 15) is 9.59 Å². The number of aryl methyl sites for hydroxylation is 2. The molecule has 2 rings (SSSR count). The van der Waals surface area contributed by atoms with Crippen LogP contribution in [0.2, 0.25) is 0 Å². The lowest BCUT2D eigenvalue weighted by atomic mass is 10.1. The smallest absolute Gasteiger partial charge is 0.323 e. The third-order valence-corrected chi connectivity index (χ3v) is 2.83. The zero-order valence-corrected chi connectivity index (χ0v) is 9.73. The Bertz CT molecular complexity index is 655. The fourth-order valence-electron chi connectivity index (χ4n) is 2.08. The molecule has 0 amide bonds. The Morgan fingerprint density at radius 1 is 1.35 bits per heavy atom. The number of nitrogens with zero attached hydrogens (tertiary/aromatic N) is 1. The summed E-state index contributed by atoms with van der Waals surface area (Å²) in [6, 6.07) is 6.88. The van der Waals surface area contributed by atoms with Crippen molar-refractivity contribution in [2.24, 2.45) is 0 Å². The number of benzene rings is 1. The van der Waals surface area contributed by atoms with Crippen LogP contribution in [0.4, 0.5) is 0 Å². The molecule has 1 aromatic heterocycles. The van der Waals surface area contributed by atoms with Crippen LogP contribution in [0.5, 0.6) is 0 Å². The number of carboxylic acid groups (broad SMARTS) is 1. The predicted molar refractivity (Wildman–Crippen MR) is 65.3 cm³/mol. The van der Waals surface area contributed by atoms with Gasteiger partial charge in [0.05, 0.1) is 5.52 Å². The SMILES string of the molecule is Cc1cccc2c(=O)cc(C)n(CC(=O)O)c12. The van der Waals surface area contributed by atoms with Gasteiger partial charge in [0.25, 0.3) is 0 Å². The van der Waals surface area contributed by atoms with Gasteiger partial charge < -0.3 is 9.67 Å². The van der Waals surface area contributed by atoms with Crippen molar-refractivity contribution in [2.75, 3.05) is 0 Å². The first-order valence-electron chi connectivity index (χ1n) is 5.32. The molecule has 0 spiro atoms. The fourth-order valence-corrected chi connectivity index (χ4v) is 2.08. The van der Waals surface area contributed by atoms with E-state index < -0.39 is 5.97 Å². The van der Waals surface area contributed by atoms with E-state index in [4.69, 9.17) is 5.11 Å². The monoisotopic (exact) mass is 231 g/mol. The van der Waals surface area contributed by atoms with Gasteiger partial charge in [-0.05, 0) is 25.5 Å². The van der Waals surface area contributed by atoms with Crippen LogP contribution < -0.4 is 5.43 Å². The maximum absolute atomic E-state index is 11.8. The van der Waals surface area contributed by atoms with Crippen LogP contribution in [-0.2, 0) is 11.3 Å².